The zero-order valence-electron chi connectivity index (χ0n) is 10.8. The number of ether oxygens (including phenoxy) is 1. The van der Waals surface area contributed by atoms with Crippen molar-refractivity contribution in [2.45, 2.75) is 46.6 Å². The summed E-state index contributed by atoms with van der Waals surface area (Å²) in [6, 6.07) is 0.517. The van der Waals surface area contributed by atoms with Gasteiger partial charge in [-0.25, -0.2) is 0 Å². The zero-order valence-corrected chi connectivity index (χ0v) is 10.8. The van der Waals surface area contributed by atoms with Crippen LogP contribution < -0.4 is 0 Å². The van der Waals surface area contributed by atoms with Gasteiger partial charge in [-0.05, 0) is 13.0 Å². The van der Waals surface area contributed by atoms with Crippen molar-refractivity contribution in [1.82, 2.24) is 4.90 Å². The molecular weight excluding hydrogens is 186 g/mol. The Hall–Kier alpha value is -0.340. The maximum Gasteiger partial charge on any atom is 0.0658 e. The SMILES string of the molecule is CC/C=C\C1COCCN1CC.CCC. The lowest BCUT2D eigenvalue weighted by atomic mass is 10.2. The zero-order chi connectivity index (χ0) is 11.5. The first-order valence-electron chi connectivity index (χ1n) is 6.28. The highest BCUT2D eigenvalue weighted by Crippen LogP contribution is 2.07. The molecule has 0 spiro atoms. The van der Waals surface area contributed by atoms with Crippen LogP contribution in [0.1, 0.15) is 40.5 Å². The fraction of sp³-hybridized carbons (Fsp3) is 0.846. The molecule has 1 rings (SSSR count). The van der Waals surface area contributed by atoms with E-state index in [2.05, 4.69) is 44.7 Å². The first-order chi connectivity index (χ1) is 7.29. The molecule has 1 aliphatic rings. The van der Waals surface area contributed by atoms with Crippen molar-refractivity contribution in [3.05, 3.63) is 12.2 Å². The van der Waals surface area contributed by atoms with Crippen LogP contribution in [0.25, 0.3) is 0 Å². The topological polar surface area (TPSA) is 12.5 Å². The largest absolute Gasteiger partial charge is 0.378 e. The van der Waals surface area contributed by atoms with E-state index < -0.39 is 0 Å². The molecule has 0 bridgehead atoms. The summed E-state index contributed by atoms with van der Waals surface area (Å²) in [5.74, 6) is 0. The Balaban J connectivity index is 0.000000583. The van der Waals surface area contributed by atoms with E-state index in [4.69, 9.17) is 4.74 Å². The lowest BCUT2D eigenvalue weighted by Gasteiger charge is -2.32. The molecule has 0 amide bonds. The second-order valence-corrected chi connectivity index (χ2v) is 3.81. The summed E-state index contributed by atoms with van der Waals surface area (Å²) in [5, 5.41) is 0. The number of likely N-dealkylation sites (N-methyl/N-ethyl adjacent to an activating group) is 1. The Morgan fingerprint density at radius 2 is 1.93 bits per heavy atom. The summed E-state index contributed by atoms with van der Waals surface area (Å²) in [7, 11) is 0. The quantitative estimate of drug-likeness (QED) is 0.668. The average Bonchev–Trinajstić information content (AvgIpc) is 2.28. The van der Waals surface area contributed by atoms with Gasteiger partial charge in [0.05, 0.1) is 19.3 Å². The van der Waals surface area contributed by atoms with Crippen LogP contribution in [0.2, 0.25) is 0 Å². The van der Waals surface area contributed by atoms with E-state index in [1.807, 2.05) is 0 Å². The fourth-order valence-corrected chi connectivity index (χ4v) is 1.52. The van der Waals surface area contributed by atoms with Crippen LogP contribution in [0.15, 0.2) is 12.2 Å². The summed E-state index contributed by atoms with van der Waals surface area (Å²) < 4.78 is 5.42. The van der Waals surface area contributed by atoms with Crippen LogP contribution in [0.5, 0.6) is 0 Å². The Morgan fingerprint density at radius 1 is 1.27 bits per heavy atom. The first-order valence-corrected chi connectivity index (χ1v) is 6.28. The third-order valence-electron chi connectivity index (χ3n) is 2.28. The smallest absolute Gasteiger partial charge is 0.0658 e. The molecule has 0 saturated carbocycles. The minimum Gasteiger partial charge on any atom is -0.378 e. The van der Waals surface area contributed by atoms with Gasteiger partial charge < -0.3 is 4.74 Å². The van der Waals surface area contributed by atoms with E-state index in [1.165, 1.54) is 6.42 Å². The van der Waals surface area contributed by atoms with Crippen molar-refractivity contribution < 1.29 is 4.74 Å². The van der Waals surface area contributed by atoms with Crippen LogP contribution in [0, 0.1) is 0 Å². The molecule has 0 aromatic heterocycles. The van der Waals surface area contributed by atoms with Crippen molar-refractivity contribution in [1.29, 1.82) is 0 Å². The summed E-state index contributed by atoms with van der Waals surface area (Å²) in [6.45, 7) is 12.6. The van der Waals surface area contributed by atoms with E-state index in [-0.39, 0.29) is 0 Å². The molecule has 15 heavy (non-hydrogen) atoms. The van der Waals surface area contributed by atoms with Gasteiger partial charge in [-0.1, -0.05) is 46.3 Å². The van der Waals surface area contributed by atoms with Crippen molar-refractivity contribution in [2.75, 3.05) is 26.3 Å². The highest BCUT2D eigenvalue weighted by Gasteiger charge is 2.17. The number of hydrogen-bond acceptors (Lipinski definition) is 2. The molecule has 1 saturated heterocycles. The lowest BCUT2D eigenvalue weighted by molar-refractivity contribution is 0.0128. The third-order valence-corrected chi connectivity index (χ3v) is 2.28. The maximum atomic E-state index is 5.42. The van der Waals surface area contributed by atoms with E-state index in [9.17, 15) is 0 Å². The summed E-state index contributed by atoms with van der Waals surface area (Å²) in [4.78, 5) is 2.45. The van der Waals surface area contributed by atoms with Crippen LogP contribution in [0.4, 0.5) is 0 Å². The molecular formula is C13H27NO. The van der Waals surface area contributed by atoms with Gasteiger partial charge in [0.25, 0.3) is 0 Å². The second-order valence-electron chi connectivity index (χ2n) is 3.81. The highest BCUT2D eigenvalue weighted by atomic mass is 16.5. The van der Waals surface area contributed by atoms with E-state index in [1.54, 1.807) is 0 Å². The molecule has 0 N–H and O–H groups in total. The summed E-state index contributed by atoms with van der Waals surface area (Å²) in [6.07, 6.45) is 6.86. The third kappa shape index (κ3) is 6.69. The summed E-state index contributed by atoms with van der Waals surface area (Å²) in [5.41, 5.74) is 0. The average molecular weight is 213 g/mol. The van der Waals surface area contributed by atoms with Crippen molar-refractivity contribution in [2.24, 2.45) is 0 Å². The minimum atomic E-state index is 0.517. The van der Waals surface area contributed by atoms with Crippen molar-refractivity contribution in [3.8, 4) is 0 Å². The van der Waals surface area contributed by atoms with Crippen LogP contribution in [-0.2, 0) is 4.74 Å². The molecule has 0 aromatic carbocycles. The molecule has 0 aromatic rings. The summed E-state index contributed by atoms with van der Waals surface area (Å²) >= 11 is 0. The highest BCUT2D eigenvalue weighted by molar-refractivity contribution is 4.95. The van der Waals surface area contributed by atoms with Gasteiger partial charge in [0.15, 0.2) is 0 Å². The number of rotatable bonds is 3. The van der Waals surface area contributed by atoms with Gasteiger partial charge in [0.2, 0.25) is 0 Å². The van der Waals surface area contributed by atoms with Crippen molar-refractivity contribution in [3.63, 3.8) is 0 Å². The molecule has 0 radical (unpaired) electrons. The van der Waals surface area contributed by atoms with Gasteiger partial charge in [-0.15, -0.1) is 0 Å². The molecule has 1 atom stereocenters. The van der Waals surface area contributed by atoms with Gasteiger partial charge in [0, 0.05) is 6.54 Å². The lowest BCUT2D eigenvalue weighted by Crippen LogP contribution is -2.43. The molecule has 90 valence electrons. The first kappa shape index (κ1) is 14.7. The molecule has 2 nitrogen and oxygen atoms in total. The molecule has 1 aliphatic heterocycles. The number of allylic oxidation sites excluding steroid dienone is 1. The monoisotopic (exact) mass is 213 g/mol. The Kier molecular flexibility index (Phi) is 9.96. The minimum absolute atomic E-state index is 0.517. The predicted octanol–water partition coefficient (Wildman–Crippen LogP) is 3.09. The second kappa shape index (κ2) is 10.2. The fourth-order valence-electron chi connectivity index (χ4n) is 1.52. The molecule has 1 unspecified atom stereocenters. The van der Waals surface area contributed by atoms with Gasteiger partial charge in [0.1, 0.15) is 0 Å². The van der Waals surface area contributed by atoms with Crippen molar-refractivity contribution >= 4 is 0 Å². The van der Waals surface area contributed by atoms with Gasteiger partial charge in [-0.2, -0.15) is 0 Å². The molecule has 1 heterocycles. The normalized spacial score (nSPS) is 22.5. The van der Waals surface area contributed by atoms with Gasteiger partial charge >= 0.3 is 0 Å². The predicted molar refractivity (Wildman–Crippen MR) is 67.3 cm³/mol. The molecule has 0 aliphatic carbocycles. The molecule has 1 fully saturated rings. The molecule has 2 heteroatoms. The van der Waals surface area contributed by atoms with E-state index in [0.29, 0.717) is 6.04 Å². The van der Waals surface area contributed by atoms with E-state index >= 15 is 0 Å². The van der Waals surface area contributed by atoms with E-state index in [0.717, 1.165) is 32.7 Å². The van der Waals surface area contributed by atoms with Crippen LogP contribution in [-0.4, -0.2) is 37.2 Å². The Bertz CT molecular complexity index is 157. The number of morpholine rings is 1. The Labute approximate surface area is 95.3 Å². The van der Waals surface area contributed by atoms with Crippen LogP contribution >= 0.6 is 0 Å². The standard InChI is InChI=1S/C10H19NO.C3H8/c1-3-5-6-10-9-12-8-7-11(10)4-2;1-3-2/h5-6,10H,3-4,7-9H2,1-2H3;3H2,1-2H3/b6-5-;. The number of nitrogens with zero attached hydrogens (tertiary/aromatic N) is 1. The van der Waals surface area contributed by atoms with Crippen LogP contribution in [0.3, 0.4) is 0 Å². The Morgan fingerprint density at radius 3 is 2.47 bits per heavy atom. The maximum absolute atomic E-state index is 5.42. The van der Waals surface area contributed by atoms with Gasteiger partial charge in [-0.3, -0.25) is 4.90 Å². The number of hydrogen-bond donors (Lipinski definition) is 0.